The summed E-state index contributed by atoms with van der Waals surface area (Å²) in [5.74, 6) is 0. The first-order valence-corrected chi connectivity index (χ1v) is 9.92. The second-order valence-corrected chi connectivity index (χ2v) is 7.18. The maximum absolute atomic E-state index is 2.71. The van der Waals surface area contributed by atoms with E-state index in [0.717, 1.165) is 6.42 Å². The summed E-state index contributed by atoms with van der Waals surface area (Å²) in [5, 5.41) is 0. The molecule has 2 aromatic carbocycles. The molecule has 4 heteroatoms. The molecule has 1 saturated heterocycles. The highest BCUT2D eigenvalue weighted by atomic mass is 35.5. The van der Waals surface area contributed by atoms with E-state index in [0.29, 0.717) is 6.04 Å². The van der Waals surface area contributed by atoms with Crippen LogP contribution < -0.4 is 0 Å². The third-order valence-electron chi connectivity index (χ3n) is 5.41. The Morgan fingerprint density at radius 1 is 0.815 bits per heavy atom. The fourth-order valence-corrected chi connectivity index (χ4v) is 3.86. The summed E-state index contributed by atoms with van der Waals surface area (Å²) in [5.41, 5.74) is 2.92. The van der Waals surface area contributed by atoms with Crippen LogP contribution in [0, 0.1) is 0 Å². The number of unbranched alkanes of at least 4 members (excludes halogenated alkanes) is 1. The molecule has 150 valence electrons. The van der Waals surface area contributed by atoms with E-state index in [1.165, 1.54) is 63.1 Å². The minimum atomic E-state index is 0. The minimum Gasteiger partial charge on any atom is -0.301 e. The first-order valence-electron chi connectivity index (χ1n) is 9.92. The van der Waals surface area contributed by atoms with Crippen molar-refractivity contribution in [2.24, 2.45) is 0 Å². The lowest BCUT2D eigenvalue weighted by molar-refractivity contribution is 0.0911. The Kier molecular flexibility index (Phi) is 11.7. The van der Waals surface area contributed by atoms with E-state index in [1.807, 2.05) is 0 Å². The largest absolute Gasteiger partial charge is 0.301 e. The Balaban J connectivity index is 0.00000182. The van der Waals surface area contributed by atoms with Crippen molar-refractivity contribution in [2.45, 2.75) is 38.6 Å². The number of hydrogen-bond donors (Lipinski definition) is 0. The molecule has 0 amide bonds. The zero-order chi connectivity index (χ0) is 17.3. The Hall–Kier alpha value is -1.06. The van der Waals surface area contributed by atoms with E-state index in [9.17, 15) is 0 Å². The topological polar surface area (TPSA) is 6.48 Å². The SMILES string of the molecule is CCCCN1CCN(C(CCc2ccccc2)c2ccccc2)CC1.Cl.Cl. The lowest BCUT2D eigenvalue weighted by Crippen LogP contribution is -2.47. The van der Waals surface area contributed by atoms with Crippen LogP contribution in [0.3, 0.4) is 0 Å². The van der Waals surface area contributed by atoms with Crippen molar-refractivity contribution in [3.05, 3.63) is 71.8 Å². The van der Waals surface area contributed by atoms with Crippen LogP contribution in [0.25, 0.3) is 0 Å². The molecule has 3 rings (SSSR count). The third-order valence-corrected chi connectivity index (χ3v) is 5.41. The van der Waals surface area contributed by atoms with E-state index in [-0.39, 0.29) is 24.8 Å². The van der Waals surface area contributed by atoms with Crippen LogP contribution in [0.1, 0.15) is 43.4 Å². The molecule has 0 aliphatic carbocycles. The van der Waals surface area contributed by atoms with Crippen LogP contribution in [-0.2, 0) is 6.42 Å². The predicted octanol–water partition coefficient (Wildman–Crippen LogP) is 5.62. The number of rotatable bonds is 8. The minimum absolute atomic E-state index is 0. The predicted molar refractivity (Wildman–Crippen MR) is 121 cm³/mol. The fourth-order valence-electron chi connectivity index (χ4n) is 3.86. The second kappa shape index (κ2) is 13.2. The summed E-state index contributed by atoms with van der Waals surface area (Å²) in [4.78, 5) is 5.35. The normalized spacial score (nSPS) is 16.2. The number of nitrogens with zero attached hydrogens (tertiary/aromatic N) is 2. The van der Waals surface area contributed by atoms with Gasteiger partial charge in [-0.2, -0.15) is 0 Å². The van der Waals surface area contributed by atoms with Crippen LogP contribution in [0.4, 0.5) is 0 Å². The molecular formula is C23H34Cl2N2. The standard InChI is InChI=1S/C23H32N2.2ClH/c1-2-3-16-24-17-19-25(20-18-24)23(22-12-8-5-9-13-22)15-14-21-10-6-4-7-11-21;;/h4-13,23H,2-3,14-20H2,1H3;2*1H. The van der Waals surface area contributed by atoms with Gasteiger partial charge in [0.2, 0.25) is 0 Å². The molecule has 2 nitrogen and oxygen atoms in total. The molecule has 2 aromatic rings. The van der Waals surface area contributed by atoms with Crippen LogP contribution in [0.5, 0.6) is 0 Å². The highest BCUT2D eigenvalue weighted by Crippen LogP contribution is 2.27. The molecule has 1 fully saturated rings. The zero-order valence-corrected chi connectivity index (χ0v) is 18.1. The van der Waals surface area contributed by atoms with Gasteiger partial charge in [-0.25, -0.2) is 0 Å². The first kappa shape index (κ1) is 24.0. The van der Waals surface area contributed by atoms with Gasteiger partial charge in [-0.3, -0.25) is 4.90 Å². The molecule has 1 atom stereocenters. The van der Waals surface area contributed by atoms with Crippen molar-refractivity contribution in [1.82, 2.24) is 9.80 Å². The summed E-state index contributed by atoms with van der Waals surface area (Å²) in [7, 11) is 0. The van der Waals surface area contributed by atoms with Crippen LogP contribution in [0.15, 0.2) is 60.7 Å². The van der Waals surface area contributed by atoms with Crippen LogP contribution >= 0.6 is 24.8 Å². The van der Waals surface area contributed by atoms with Gasteiger partial charge in [0, 0.05) is 32.2 Å². The lowest BCUT2D eigenvalue weighted by Gasteiger charge is -2.39. The quantitative estimate of drug-likeness (QED) is 0.558. The molecule has 1 aliphatic rings. The zero-order valence-electron chi connectivity index (χ0n) is 16.4. The van der Waals surface area contributed by atoms with Gasteiger partial charge >= 0.3 is 0 Å². The Bertz CT molecular complexity index is 598. The number of benzene rings is 2. The van der Waals surface area contributed by atoms with Crippen molar-refractivity contribution in [3.63, 3.8) is 0 Å². The molecule has 1 aliphatic heterocycles. The van der Waals surface area contributed by atoms with Crippen molar-refractivity contribution in [1.29, 1.82) is 0 Å². The van der Waals surface area contributed by atoms with E-state index in [2.05, 4.69) is 77.4 Å². The molecule has 0 radical (unpaired) electrons. The van der Waals surface area contributed by atoms with Crippen molar-refractivity contribution in [3.8, 4) is 0 Å². The number of halogens is 2. The summed E-state index contributed by atoms with van der Waals surface area (Å²) in [6.07, 6.45) is 4.97. The Morgan fingerprint density at radius 2 is 1.41 bits per heavy atom. The van der Waals surface area contributed by atoms with Gasteiger partial charge in [0.15, 0.2) is 0 Å². The molecule has 0 bridgehead atoms. The molecular weight excluding hydrogens is 375 g/mol. The molecule has 0 saturated carbocycles. The summed E-state index contributed by atoms with van der Waals surface area (Å²) in [6, 6.07) is 22.6. The average molecular weight is 409 g/mol. The van der Waals surface area contributed by atoms with E-state index in [4.69, 9.17) is 0 Å². The number of hydrogen-bond acceptors (Lipinski definition) is 2. The van der Waals surface area contributed by atoms with E-state index < -0.39 is 0 Å². The van der Waals surface area contributed by atoms with Crippen molar-refractivity contribution < 1.29 is 0 Å². The van der Waals surface area contributed by atoms with Gasteiger partial charge in [0.1, 0.15) is 0 Å². The van der Waals surface area contributed by atoms with Crippen molar-refractivity contribution >= 4 is 24.8 Å². The average Bonchev–Trinajstić information content (AvgIpc) is 2.69. The van der Waals surface area contributed by atoms with Gasteiger partial charge in [0.25, 0.3) is 0 Å². The van der Waals surface area contributed by atoms with Crippen molar-refractivity contribution in [2.75, 3.05) is 32.7 Å². The maximum atomic E-state index is 2.71. The van der Waals surface area contributed by atoms with Gasteiger partial charge in [0.05, 0.1) is 0 Å². The summed E-state index contributed by atoms with van der Waals surface area (Å²) in [6.45, 7) is 8.37. The number of piperazine rings is 1. The molecule has 0 spiro atoms. The molecule has 0 N–H and O–H groups in total. The summed E-state index contributed by atoms with van der Waals surface area (Å²) >= 11 is 0. The molecule has 1 heterocycles. The van der Waals surface area contributed by atoms with E-state index >= 15 is 0 Å². The molecule has 0 aromatic heterocycles. The van der Waals surface area contributed by atoms with Gasteiger partial charge in [-0.1, -0.05) is 74.0 Å². The first-order chi connectivity index (χ1) is 12.4. The lowest BCUT2D eigenvalue weighted by atomic mass is 9.97. The molecule has 1 unspecified atom stereocenters. The second-order valence-electron chi connectivity index (χ2n) is 7.18. The van der Waals surface area contributed by atoms with Gasteiger partial charge in [-0.15, -0.1) is 24.8 Å². The maximum Gasteiger partial charge on any atom is 0.0352 e. The van der Waals surface area contributed by atoms with E-state index in [1.54, 1.807) is 0 Å². The Labute approximate surface area is 177 Å². The smallest absolute Gasteiger partial charge is 0.0352 e. The highest BCUT2D eigenvalue weighted by molar-refractivity contribution is 5.85. The monoisotopic (exact) mass is 408 g/mol. The number of aryl methyl sites for hydroxylation is 1. The van der Waals surface area contributed by atoms with Gasteiger partial charge < -0.3 is 4.90 Å². The Morgan fingerprint density at radius 3 is 2.00 bits per heavy atom. The summed E-state index contributed by atoms with van der Waals surface area (Å²) < 4.78 is 0. The van der Waals surface area contributed by atoms with Gasteiger partial charge in [-0.05, 0) is 36.9 Å². The fraction of sp³-hybridized carbons (Fsp3) is 0.478. The van der Waals surface area contributed by atoms with Crippen LogP contribution in [0.2, 0.25) is 0 Å². The highest BCUT2D eigenvalue weighted by Gasteiger charge is 2.24. The molecule has 27 heavy (non-hydrogen) atoms. The van der Waals surface area contributed by atoms with Crippen LogP contribution in [-0.4, -0.2) is 42.5 Å². The third kappa shape index (κ3) is 7.46.